The van der Waals surface area contributed by atoms with Gasteiger partial charge >= 0.3 is 6.55 Å². The molecule has 1 aliphatic rings. The molecule has 39 heavy (non-hydrogen) atoms. The number of rotatable bonds is 8. The average molecular weight is 531 g/mol. The summed E-state index contributed by atoms with van der Waals surface area (Å²) >= 11 is 0. The fraction of sp³-hybridized carbons (Fsp3) is 0.241. The van der Waals surface area contributed by atoms with Crippen LogP contribution in [0.5, 0.6) is 0 Å². The third-order valence-electron chi connectivity index (χ3n) is 6.79. The van der Waals surface area contributed by atoms with Crippen LogP contribution in [0.25, 0.3) is 6.08 Å². The van der Waals surface area contributed by atoms with Gasteiger partial charge in [-0.15, -0.1) is 0 Å². The molecule has 1 fully saturated rings. The van der Waals surface area contributed by atoms with Crippen LogP contribution in [-0.2, 0) is 11.3 Å². The van der Waals surface area contributed by atoms with Crippen LogP contribution in [0.4, 0.5) is 14.5 Å². The van der Waals surface area contributed by atoms with Crippen molar-refractivity contribution < 1.29 is 18.4 Å². The van der Waals surface area contributed by atoms with E-state index in [0.29, 0.717) is 23.5 Å². The Bertz CT molecular complexity index is 1420. The Morgan fingerprint density at radius 3 is 2.38 bits per heavy atom. The fourth-order valence-electron chi connectivity index (χ4n) is 4.66. The highest BCUT2D eigenvalue weighted by molar-refractivity contribution is 6.01. The highest BCUT2D eigenvalue weighted by Gasteiger charge is 2.26. The van der Waals surface area contributed by atoms with Gasteiger partial charge in [-0.25, -0.2) is 9.67 Å². The first-order valence-corrected chi connectivity index (χ1v) is 12.7. The van der Waals surface area contributed by atoms with Crippen molar-refractivity contribution >= 4 is 23.6 Å². The number of nitrogens with zero attached hydrogens (tertiary/aromatic N) is 5. The first-order chi connectivity index (χ1) is 18.9. The van der Waals surface area contributed by atoms with Crippen LogP contribution in [0, 0.1) is 0 Å². The summed E-state index contributed by atoms with van der Waals surface area (Å²) in [5.41, 5.74) is 3.95. The molecule has 0 aliphatic carbocycles. The van der Waals surface area contributed by atoms with E-state index in [-0.39, 0.29) is 23.4 Å². The summed E-state index contributed by atoms with van der Waals surface area (Å²) in [6.45, 7) is -0.969. The quantitative estimate of drug-likeness (QED) is 0.318. The van der Waals surface area contributed by atoms with Gasteiger partial charge in [0.15, 0.2) is 5.69 Å². The number of likely N-dealkylation sites (tertiary alicyclic amines) is 1. The molecular formula is C29H28F2N6O2. The monoisotopic (exact) mass is 530 g/mol. The minimum absolute atomic E-state index is 0.0329. The summed E-state index contributed by atoms with van der Waals surface area (Å²) in [6, 6.07) is 17.0. The lowest BCUT2D eigenvalue weighted by atomic mass is 9.89. The minimum Gasteiger partial charge on any atom is -0.337 e. The van der Waals surface area contributed by atoms with Crippen LogP contribution in [0.3, 0.4) is 0 Å². The van der Waals surface area contributed by atoms with Crippen molar-refractivity contribution in [1.29, 1.82) is 0 Å². The molecule has 4 aromatic rings. The zero-order valence-electron chi connectivity index (χ0n) is 21.2. The van der Waals surface area contributed by atoms with Gasteiger partial charge in [0.2, 0.25) is 5.91 Å². The summed E-state index contributed by atoms with van der Waals surface area (Å²) in [4.78, 5) is 30.7. The standard InChI is InChI=1S/C29H28F2N6O2/c30-29(31)37-17-13-26(34-37)28(39)36-15-11-24(12-16-36)23-6-8-25(9-7-23)33-27(38)10-5-21-1-3-22(4-2-21)19-35-18-14-32-20-35/h1-10,13-14,17-18,20,24,29H,11-12,15-16,19H2,(H,33,38)/b10-5+. The van der Waals surface area contributed by atoms with Gasteiger partial charge in [-0.2, -0.15) is 13.9 Å². The van der Waals surface area contributed by atoms with Gasteiger partial charge in [-0.1, -0.05) is 36.4 Å². The van der Waals surface area contributed by atoms with Gasteiger partial charge in [-0.3, -0.25) is 9.59 Å². The Morgan fingerprint density at radius 1 is 1.00 bits per heavy atom. The molecule has 2 aromatic heterocycles. The number of carbonyl (C=O) groups is 2. The van der Waals surface area contributed by atoms with Crippen LogP contribution >= 0.6 is 0 Å². The average Bonchev–Trinajstić information content (AvgIpc) is 3.66. The number of anilines is 1. The molecule has 2 aromatic carbocycles. The van der Waals surface area contributed by atoms with Crippen molar-refractivity contribution in [2.75, 3.05) is 18.4 Å². The van der Waals surface area contributed by atoms with Crippen LogP contribution in [0.1, 0.15) is 52.5 Å². The Hall–Kier alpha value is -4.60. The summed E-state index contributed by atoms with van der Waals surface area (Å²) in [6.07, 6.45) is 11.4. The molecule has 1 saturated heterocycles. The lowest BCUT2D eigenvalue weighted by molar-refractivity contribution is -0.111. The van der Waals surface area contributed by atoms with Gasteiger partial charge < -0.3 is 14.8 Å². The number of nitrogens with one attached hydrogen (secondary N) is 1. The largest absolute Gasteiger partial charge is 0.337 e. The van der Waals surface area contributed by atoms with E-state index in [1.54, 1.807) is 23.5 Å². The van der Waals surface area contributed by atoms with E-state index in [9.17, 15) is 18.4 Å². The number of piperidine rings is 1. The van der Waals surface area contributed by atoms with Crippen molar-refractivity contribution in [2.45, 2.75) is 31.9 Å². The maximum atomic E-state index is 12.7. The molecule has 0 unspecified atom stereocenters. The van der Waals surface area contributed by atoms with E-state index in [1.165, 1.54) is 12.1 Å². The van der Waals surface area contributed by atoms with Crippen molar-refractivity contribution in [3.05, 3.63) is 108 Å². The normalized spacial score (nSPS) is 14.3. The smallest absolute Gasteiger partial charge is 0.333 e. The highest BCUT2D eigenvalue weighted by atomic mass is 19.3. The van der Waals surface area contributed by atoms with Gasteiger partial charge in [0.25, 0.3) is 5.91 Å². The first-order valence-electron chi connectivity index (χ1n) is 12.7. The predicted molar refractivity (Wildman–Crippen MR) is 143 cm³/mol. The number of imidazole rings is 1. The van der Waals surface area contributed by atoms with Crippen LogP contribution in [-0.4, -0.2) is 49.1 Å². The molecule has 0 radical (unpaired) electrons. The third-order valence-corrected chi connectivity index (χ3v) is 6.79. The second kappa shape index (κ2) is 11.8. The number of carbonyl (C=O) groups excluding carboxylic acids is 2. The van der Waals surface area contributed by atoms with E-state index in [0.717, 1.165) is 42.3 Å². The van der Waals surface area contributed by atoms with E-state index in [2.05, 4.69) is 15.4 Å². The number of halogens is 2. The first kappa shape index (κ1) is 26.0. The number of alkyl halides is 2. The van der Waals surface area contributed by atoms with Gasteiger partial charge in [0, 0.05) is 50.0 Å². The molecule has 0 spiro atoms. The number of aromatic nitrogens is 4. The van der Waals surface area contributed by atoms with E-state index < -0.39 is 6.55 Å². The molecule has 1 aliphatic heterocycles. The molecule has 200 valence electrons. The van der Waals surface area contributed by atoms with Crippen molar-refractivity contribution in [1.82, 2.24) is 24.2 Å². The van der Waals surface area contributed by atoms with E-state index in [1.807, 2.05) is 59.3 Å². The van der Waals surface area contributed by atoms with Crippen LogP contribution in [0.15, 0.2) is 85.6 Å². The number of hydrogen-bond acceptors (Lipinski definition) is 4. The maximum absolute atomic E-state index is 12.7. The van der Waals surface area contributed by atoms with Crippen molar-refractivity contribution in [2.24, 2.45) is 0 Å². The van der Waals surface area contributed by atoms with E-state index in [4.69, 9.17) is 0 Å². The fourth-order valence-corrected chi connectivity index (χ4v) is 4.66. The molecule has 0 bridgehead atoms. The lowest BCUT2D eigenvalue weighted by Crippen LogP contribution is -2.38. The summed E-state index contributed by atoms with van der Waals surface area (Å²) in [5, 5.41) is 6.56. The SMILES string of the molecule is O=C(/C=C/c1ccc(Cn2ccnc2)cc1)Nc1ccc(C2CCN(C(=O)c3ccn(C(F)F)n3)CC2)cc1. The number of amides is 2. The molecule has 5 rings (SSSR count). The third kappa shape index (κ3) is 6.64. The van der Waals surface area contributed by atoms with Crippen LogP contribution < -0.4 is 5.32 Å². The second-order valence-corrected chi connectivity index (χ2v) is 9.45. The molecule has 3 heterocycles. The van der Waals surface area contributed by atoms with Gasteiger partial charge in [-0.05, 0) is 59.7 Å². The van der Waals surface area contributed by atoms with E-state index >= 15 is 0 Å². The topological polar surface area (TPSA) is 85.0 Å². The number of hydrogen-bond donors (Lipinski definition) is 1. The van der Waals surface area contributed by atoms with Gasteiger partial charge in [0.05, 0.1) is 6.33 Å². The lowest BCUT2D eigenvalue weighted by Gasteiger charge is -2.32. The van der Waals surface area contributed by atoms with Crippen LogP contribution in [0.2, 0.25) is 0 Å². The van der Waals surface area contributed by atoms with Crippen molar-refractivity contribution in [3.63, 3.8) is 0 Å². The molecule has 0 atom stereocenters. The molecule has 0 saturated carbocycles. The molecule has 1 N–H and O–H groups in total. The maximum Gasteiger partial charge on any atom is 0.333 e. The summed E-state index contributed by atoms with van der Waals surface area (Å²) in [5.74, 6) is -0.273. The Labute approximate surface area is 224 Å². The Kier molecular flexibility index (Phi) is 7.91. The Morgan fingerprint density at radius 2 is 1.74 bits per heavy atom. The molecular weight excluding hydrogens is 502 g/mol. The highest BCUT2D eigenvalue weighted by Crippen LogP contribution is 2.29. The predicted octanol–water partition coefficient (Wildman–Crippen LogP) is 5.19. The van der Waals surface area contributed by atoms with Gasteiger partial charge in [0.1, 0.15) is 0 Å². The summed E-state index contributed by atoms with van der Waals surface area (Å²) in [7, 11) is 0. The molecule has 2 amide bonds. The zero-order chi connectivity index (χ0) is 27.2. The minimum atomic E-state index is -2.77. The van der Waals surface area contributed by atoms with Crippen molar-refractivity contribution in [3.8, 4) is 0 Å². The molecule has 10 heteroatoms. The number of benzene rings is 2. The Balaban J connectivity index is 1.09. The summed E-state index contributed by atoms with van der Waals surface area (Å²) < 4.78 is 28.0. The second-order valence-electron chi connectivity index (χ2n) is 9.45. The molecule has 8 nitrogen and oxygen atoms in total. The zero-order valence-corrected chi connectivity index (χ0v) is 21.2.